The molecular formula is C16H16N2O2. The third kappa shape index (κ3) is 2.20. The van der Waals surface area contributed by atoms with E-state index in [4.69, 9.17) is 5.73 Å². The zero-order chi connectivity index (χ0) is 14.2. The van der Waals surface area contributed by atoms with Crippen LogP contribution in [0.1, 0.15) is 18.4 Å². The number of phenolic OH excluding ortho intramolecular Hbond substituents is 1. The molecule has 0 spiro atoms. The molecule has 0 bridgehead atoms. The molecule has 0 aliphatic heterocycles. The first-order valence-electron chi connectivity index (χ1n) is 6.57. The average molecular weight is 268 g/mol. The summed E-state index contributed by atoms with van der Waals surface area (Å²) in [5.41, 5.74) is 7.52. The Morgan fingerprint density at radius 1 is 1.15 bits per heavy atom. The molecule has 4 heteroatoms. The van der Waals surface area contributed by atoms with Gasteiger partial charge in [-0.3, -0.25) is 4.79 Å². The predicted octanol–water partition coefficient (Wildman–Crippen LogP) is 2.64. The maximum absolute atomic E-state index is 12.5. The van der Waals surface area contributed by atoms with Crippen molar-refractivity contribution in [2.45, 2.75) is 18.3 Å². The number of hydrogen-bond acceptors (Lipinski definition) is 3. The molecule has 20 heavy (non-hydrogen) atoms. The molecule has 1 fully saturated rings. The number of carbonyl (C=O) groups excluding carboxylic acids is 1. The zero-order valence-electron chi connectivity index (χ0n) is 11.0. The van der Waals surface area contributed by atoms with Gasteiger partial charge in [-0.2, -0.15) is 0 Å². The van der Waals surface area contributed by atoms with Gasteiger partial charge < -0.3 is 16.2 Å². The summed E-state index contributed by atoms with van der Waals surface area (Å²) < 4.78 is 0. The molecule has 0 heterocycles. The number of carbonyl (C=O) groups is 1. The lowest BCUT2D eigenvalue weighted by Gasteiger charge is -2.16. The Hall–Kier alpha value is -2.49. The second kappa shape index (κ2) is 4.56. The molecule has 1 aliphatic rings. The minimum atomic E-state index is -0.445. The largest absolute Gasteiger partial charge is 0.508 e. The van der Waals surface area contributed by atoms with Crippen molar-refractivity contribution in [1.82, 2.24) is 0 Å². The van der Waals surface area contributed by atoms with Gasteiger partial charge in [0.15, 0.2) is 0 Å². The van der Waals surface area contributed by atoms with Crippen molar-refractivity contribution < 1.29 is 9.90 Å². The molecule has 0 atom stereocenters. The Kier molecular flexibility index (Phi) is 2.86. The Balaban J connectivity index is 1.81. The van der Waals surface area contributed by atoms with Crippen LogP contribution >= 0.6 is 0 Å². The molecule has 2 aromatic carbocycles. The summed E-state index contributed by atoms with van der Waals surface area (Å²) >= 11 is 0. The third-order valence-electron chi connectivity index (χ3n) is 3.75. The van der Waals surface area contributed by atoms with E-state index in [-0.39, 0.29) is 11.7 Å². The van der Waals surface area contributed by atoms with E-state index >= 15 is 0 Å². The lowest BCUT2D eigenvalue weighted by molar-refractivity contribution is -0.118. The zero-order valence-corrected chi connectivity index (χ0v) is 11.0. The van der Waals surface area contributed by atoms with Crippen molar-refractivity contribution in [3.05, 3.63) is 54.1 Å². The normalized spacial score (nSPS) is 15.6. The van der Waals surface area contributed by atoms with E-state index in [2.05, 4.69) is 5.32 Å². The second-order valence-corrected chi connectivity index (χ2v) is 5.21. The first kappa shape index (κ1) is 12.5. The van der Waals surface area contributed by atoms with Crippen LogP contribution in [-0.2, 0) is 10.2 Å². The minimum Gasteiger partial charge on any atom is -0.508 e. The summed E-state index contributed by atoms with van der Waals surface area (Å²) in [6.45, 7) is 0. The van der Waals surface area contributed by atoms with Gasteiger partial charge in [0.25, 0.3) is 0 Å². The van der Waals surface area contributed by atoms with Crippen LogP contribution in [0.2, 0.25) is 0 Å². The van der Waals surface area contributed by atoms with Gasteiger partial charge in [0.05, 0.1) is 5.41 Å². The molecule has 1 amide bonds. The molecule has 102 valence electrons. The van der Waals surface area contributed by atoms with Crippen LogP contribution < -0.4 is 11.1 Å². The van der Waals surface area contributed by atoms with E-state index in [9.17, 15) is 9.90 Å². The van der Waals surface area contributed by atoms with Gasteiger partial charge in [0.1, 0.15) is 5.75 Å². The van der Waals surface area contributed by atoms with Gasteiger partial charge in [-0.05, 0) is 42.7 Å². The number of phenols is 1. The Morgan fingerprint density at radius 2 is 1.85 bits per heavy atom. The van der Waals surface area contributed by atoms with Crippen molar-refractivity contribution in [3.63, 3.8) is 0 Å². The van der Waals surface area contributed by atoms with Crippen LogP contribution in [-0.4, -0.2) is 11.0 Å². The summed E-state index contributed by atoms with van der Waals surface area (Å²) in [7, 11) is 0. The number of nitrogens with one attached hydrogen (secondary N) is 1. The fraction of sp³-hybridized carbons (Fsp3) is 0.188. The van der Waals surface area contributed by atoms with E-state index < -0.39 is 5.41 Å². The number of hydrogen-bond donors (Lipinski definition) is 3. The average Bonchev–Trinajstić information content (AvgIpc) is 3.21. The molecule has 1 saturated carbocycles. The van der Waals surface area contributed by atoms with Crippen LogP contribution in [0.15, 0.2) is 48.5 Å². The van der Waals surface area contributed by atoms with Crippen molar-refractivity contribution in [3.8, 4) is 5.75 Å². The molecule has 2 aromatic rings. The van der Waals surface area contributed by atoms with Crippen LogP contribution in [0.4, 0.5) is 11.4 Å². The van der Waals surface area contributed by atoms with Crippen LogP contribution in [0.3, 0.4) is 0 Å². The lowest BCUT2D eigenvalue weighted by atomic mass is 9.94. The molecule has 1 aliphatic carbocycles. The van der Waals surface area contributed by atoms with Crippen molar-refractivity contribution in [2.75, 3.05) is 11.1 Å². The summed E-state index contributed by atoms with van der Waals surface area (Å²) in [6.07, 6.45) is 1.67. The molecule has 0 aromatic heterocycles. The van der Waals surface area contributed by atoms with E-state index in [0.29, 0.717) is 11.4 Å². The SMILES string of the molecule is Nc1ccc(C2(C(=O)Nc3cccc(O)c3)CC2)cc1. The number of rotatable bonds is 3. The van der Waals surface area contributed by atoms with E-state index in [1.165, 1.54) is 6.07 Å². The van der Waals surface area contributed by atoms with Crippen molar-refractivity contribution >= 4 is 17.3 Å². The number of benzene rings is 2. The van der Waals surface area contributed by atoms with E-state index in [1.807, 2.05) is 24.3 Å². The first-order valence-corrected chi connectivity index (χ1v) is 6.57. The second-order valence-electron chi connectivity index (χ2n) is 5.21. The van der Waals surface area contributed by atoms with Crippen molar-refractivity contribution in [1.29, 1.82) is 0 Å². The number of aromatic hydroxyl groups is 1. The Morgan fingerprint density at radius 3 is 2.45 bits per heavy atom. The highest BCUT2D eigenvalue weighted by atomic mass is 16.3. The predicted molar refractivity (Wildman–Crippen MR) is 78.5 cm³/mol. The van der Waals surface area contributed by atoms with E-state index in [1.54, 1.807) is 18.2 Å². The molecule has 3 rings (SSSR count). The number of anilines is 2. The van der Waals surface area contributed by atoms with Gasteiger partial charge in [0.2, 0.25) is 5.91 Å². The first-order chi connectivity index (χ1) is 9.60. The highest BCUT2D eigenvalue weighted by Gasteiger charge is 2.51. The quantitative estimate of drug-likeness (QED) is 0.749. The summed E-state index contributed by atoms with van der Waals surface area (Å²) in [5.74, 6) is 0.105. The van der Waals surface area contributed by atoms with E-state index in [0.717, 1.165) is 18.4 Å². The molecule has 0 saturated heterocycles. The third-order valence-corrected chi connectivity index (χ3v) is 3.75. The van der Waals surface area contributed by atoms with Gasteiger partial charge >= 0.3 is 0 Å². The summed E-state index contributed by atoms with van der Waals surface area (Å²) in [6, 6.07) is 14.0. The molecule has 0 unspecified atom stereocenters. The smallest absolute Gasteiger partial charge is 0.235 e. The van der Waals surface area contributed by atoms with Gasteiger partial charge in [-0.1, -0.05) is 18.2 Å². The number of nitrogens with two attached hydrogens (primary N) is 1. The molecular weight excluding hydrogens is 252 g/mol. The van der Waals surface area contributed by atoms with Crippen LogP contribution in [0, 0.1) is 0 Å². The lowest BCUT2D eigenvalue weighted by Crippen LogP contribution is -2.27. The van der Waals surface area contributed by atoms with Crippen LogP contribution in [0.25, 0.3) is 0 Å². The summed E-state index contributed by atoms with van der Waals surface area (Å²) in [4.78, 5) is 12.5. The maximum Gasteiger partial charge on any atom is 0.235 e. The standard InChI is InChI=1S/C16H16N2O2/c17-12-6-4-11(5-7-12)16(8-9-16)15(20)18-13-2-1-3-14(19)10-13/h1-7,10,19H,8-9,17H2,(H,18,20). The van der Waals surface area contributed by atoms with Crippen molar-refractivity contribution in [2.24, 2.45) is 0 Å². The van der Waals surface area contributed by atoms with Crippen LogP contribution in [0.5, 0.6) is 5.75 Å². The van der Waals surface area contributed by atoms with Gasteiger partial charge in [0, 0.05) is 17.4 Å². The molecule has 4 nitrogen and oxygen atoms in total. The monoisotopic (exact) mass is 268 g/mol. The Labute approximate surface area is 117 Å². The van der Waals surface area contributed by atoms with Gasteiger partial charge in [-0.15, -0.1) is 0 Å². The topological polar surface area (TPSA) is 75.4 Å². The molecule has 0 radical (unpaired) electrons. The minimum absolute atomic E-state index is 0.0344. The highest BCUT2D eigenvalue weighted by Crippen LogP contribution is 2.49. The fourth-order valence-electron chi connectivity index (χ4n) is 2.41. The fourth-order valence-corrected chi connectivity index (χ4v) is 2.41. The molecule has 4 N–H and O–H groups in total. The summed E-state index contributed by atoms with van der Waals surface area (Å²) in [5, 5.41) is 12.3. The Bertz CT molecular complexity index is 646. The number of nitrogen functional groups attached to an aromatic ring is 1. The maximum atomic E-state index is 12.5. The van der Waals surface area contributed by atoms with Gasteiger partial charge in [-0.25, -0.2) is 0 Å². The highest BCUT2D eigenvalue weighted by molar-refractivity contribution is 6.01. The number of amides is 1.